The van der Waals surface area contributed by atoms with E-state index in [9.17, 15) is 4.79 Å². The predicted molar refractivity (Wildman–Crippen MR) is 86.6 cm³/mol. The van der Waals surface area contributed by atoms with Gasteiger partial charge in [0, 0.05) is 5.92 Å². The number of hydrogen-bond donors (Lipinski definition) is 0. The highest BCUT2D eigenvalue weighted by Gasteiger charge is 2.36. The molecule has 2 unspecified atom stereocenters. The molecular formula is C19H28O2. The molecule has 0 aliphatic carbocycles. The summed E-state index contributed by atoms with van der Waals surface area (Å²) in [6, 6.07) is 8.09. The van der Waals surface area contributed by atoms with E-state index in [2.05, 4.69) is 26.0 Å². The topological polar surface area (TPSA) is 26.3 Å². The summed E-state index contributed by atoms with van der Waals surface area (Å²) in [5.41, 5.74) is 1.25. The monoisotopic (exact) mass is 288 g/mol. The number of unbranched alkanes of at least 4 members (excludes halogenated alkanes) is 4. The molecule has 2 heteroatoms. The molecule has 2 rings (SSSR count). The Labute approximate surface area is 128 Å². The van der Waals surface area contributed by atoms with Crippen molar-refractivity contribution < 1.29 is 9.53 Å². The summed E-state index contributed by atoms with van der Waals surface area (Å²) in [6.07, 6.45) is 9.27. The normalized spacial score (nSPS) is 21.0. The molecule has 1 aromatic rings. The van der Waals surface area contributed by atoms with Crippen LogP contribution in [0.5, 0.6) is 5.75 Å². The molecule has 0 bridgehead atoms. The third kappa shape index (κ3) is 4.09. The average molecular weight is 288 g/mol. The molecule has 2 nitrogen and oxygen atoms in total. The van der Waals surface area contributed by atoms with Gasteiger partial charge in [0.2, 0.25) is 0 Å². The lowest BCUT2D eigenvalue weighted by Crippen LogP contribution is -2.31. The fraction of sp³-hybridized carbons (Fsp3) is 0.632. The molecule has 0 radical (unpaired) electrons. The van der Waals surface area contributed by atoms with E-state index in [4.69, 9.17) is 4.74 Å². The van der Waals surface area contributed by atoms with E-state index in [0.717, 1.165) is 25.0 Å². The second kappa shape index (κ2) is 8.21. The Balaban J connectivity index is 2.14. The minimum Gasteiger partial charge on any atom is -0.426 e. The number of para-hydroxylation sites is 1. The van der Waals surface area contributed by atoms with Crippen LogP contribution in [0.2, 0.25) is 0 Å². The first kappa shape index (κ1) is 16.1. The molecule has 116 valence electrons. The maximum absolute atomic E-state index is 12.4. The van der Waals surface area contributed by atoms with Crippen LogP contribution >= 0.6 is 0 Å². The third-order valence-corrected chi connectivity index (χ3v) is 4.55. The van der Waals surface area contributed by atoms with E-state index in [0.29, 0.717) is 5.92 Å². The molecule has 1 heterocycles. The van der Waals surface area contributed by atoms with Crippen LogP contribution in [0.25, 0.3) is 0 Å². The lowest BCUT2D eigenvalue weighted by molar-refractivity contribution is -0.141. The molecule has 0 fully saturated rings. The van der Waals surface area contributed by atoms with E-state index < -0.39 is 0 Å². The van der Waals surface area contributed by atoms with Gasteiger partial charge in [-0.25, -0.2) is 0 Å². The fourth-order valence-electron chi connectivity index (χ4n) is 3.35. The van der Waals surface area contributed by atoms with Crippen molar-refractivity contribution in [1.82, 2.24) is 0 Å². The quantitative estimate of drug-likeness (QED) is 0.360. The highest BCUT2D eigenvalue weighted by atomic mass is 16.5. The number of carbonyl (C=O) groups excluding carboxylic acids is 1. The van der Waals surface area contributed by atoms with E-state index in [1.54, 1.807) is 0 Å². The van der Waals surface area contributed by atoms with Crippen LogP contribution in [0.3, 0.4) is 0 Å². The minimum atomic E-state index is -0.00805. The Morgan fingerprint density at radius 2 is 1.52 bits per heavy atom. The molecule has 1 aromatic carbocycles. The van der Waals surface area contributed by atoms with E-state index in [1.807, 2.05) is 12.1 Å². The van der Waals surface area contributed by atoms with Crippen LogP contribution < -0.4 is 4.74 Å². The number of rotatable bonds is 8. The molecule has 0 N–H and O–H groups in total. The number of fused-ring (bicyclic) bond motifs is 1. The van der Waals surface area contributed by atoms with Crippen LogP contribution in [0.4, 0.5) is 0 Å². The zero-order chi connectivity index (χ0) is 15.1. The van der Waals surface area contributed by atoms with E-state index in [1.165, 1.54) is 37.7 Å². The number of ether oxygens (including phenoxy) is 1. The standard InChI is InChI=1S/C19H28O2/c1-3-5-7-11-15-16-12-9-10-14-18(16)21-19(20)17(15)13-8-6-4-2/h9-10,12,14-15,17H,3-8,11,13H2,1-2H3. The van der Waals surface area contributed by atoms with Crippen LogP contribution in [-0.2, 0) is 4.79 Å². The smallest absolute Gasteiger partial charge is 0.314 e. The predicted octanol–water partition coefficient (Wildman–Crippen LogP) is 5.47. The Hall–Kier alpha value is -1.31. The van der Waals surface area contributed by atoms with Gasteiger partial charge in [0.1, 0.15) is 5.75 Å². The van der Waals surface area contributed by atoms with Crippen LogP contribution in [-0.4, -0.2) is 5.97 Å². The maximum atomic E-state index is 12.4. The summed E-state index contributed by atoms with van der Waals surface area (Å²) in [5.74, 6) is 1.19. The molecule has 0 aromatic heterocycles. The average Bonchev–Trinajstić information content (AvgIpc) is 2.49. The zero-order valence-corrected chi connectivity index (χ0v) is 13.4. The van der Waals surface area contributed by atoms with Crippen molar-refractivity contribution in [2.75, 3.05) is 0 Å². The summed E-state index contributed by atoms with van der Waals surface area (Å²) < 4.78 is 5.57. The molecule has 0 saturated carbocycles. The zero-order valence-electron chi connectivity index (χ0n) is 13.4. The van der Waals surface area contributed by atoms with Crippen LogP contribution in [0.15, 0.2) is 24.3 Å². The summed E-state index contributed by atoms with van der Waals surface area (Å²) in [5, 5.41) is 0. The number of hydrogen-bond acceptors (Lipinski definition) is 2. The largest absolute Gasteiger partial charge is 0.426 e. The van der Waals surface area contributed by atoms with Gasteiger partial charge in [-0.2, -0.15) is 0 Å². The van der Waals surface area contributed by atoms with Crippen molar-refractivity contribution in [2.45, 2.75) is 71.1 Å². The van der Waals surface area contributed by atoms with Gasteiger partial charge in [-0.3, -0.25) is 4.79 Å². The molecule has 0 amide bonds. The van der Waals surface area contributed by atoms with Gasteiger partial charge >= 0.3 is 5.97 Å². The van der Waals surface area contributed by atoms with Crippen LogP contribution in [0.1, 0.15) is 76.7 Å². The molecular weight excluding hydrogens is 260 g/mol. The Bertz CT molecular complexity index is 453. The summed E-state index contributed by atoms with van der Waals surface area (Å²) >= 11 is 0. The van der Waals surface area contributed by atoms with Crippen molar-refractivity contribution in [3.8, 4) is 5.75 Å². The fourth-order valence-corrected chi connectivity index (χ4v) is 3.35. The van der Waals surface area contributed by atoms with Gasteiger partial charge in [-0.05, 0) is 24.5 Å². The van der Waals surface area contributed by atoms with Crippen molar-refractivity contribution >= 4 is 5.97 Å². The van der Waals surface area contributed by atoms with Crippen molar-refractivity contribution in [2.24, 2.45) is 5.92 Å². The second-order valence-electron chi connectivity index (χ2n) is 6.16. The summed E-state index contributed by atoms with van der Waals surface area (Å²) in [7, 11) is 0. The molecule has 2 atom stereocenters. The van der Waals surface area contributed by atoms with E-state index >= 15 is 0 Å². The Morgan fingerprint density at radius 1 is 0.905 bits per heavy atom. The summed E-state index contributed by atoms with van der Waals surface area (Å²) in [4.78, 5) is 12.4. The maximum Gasteiger partial charge on any atom is 0.314 e. The molecule has 1 aliphatic heterocycles. The van der Waals surface area contributed by atoms with Gasteiger partial charge in [-0.15, -0.1) is 0 Å². The third-order valence-electron chi connectivity index (χ3n) is 4.55. The lowest BCUT2D eigenvalue weighted by Gasteiger charge is -2.32. The van der Waals surface area contributed by atoms with Gasteiger partial charge in [-0.1, -0.05) is 70.6 Å². The minimum absolute atomic E-state index is 0.00805. The van der Waals surface area contributed by atoms with Crippen LogP contribution in [0, 0.1) is 5.92 Å². The lowest BCUT2D eigenvalue weighted by atomic mass is 9.77. The first-order chi connectivity index (χ1) is 10.3. The van der Waals surface area contributed by atoms with Gasteiger partial charge in [0.15, 0.2) is 0 Å². The Kier molecular flexibility index (Phi) is 6.28. The molecule has 0 spiro atoms. The highest BCUT2D eigenvalue weighted by molar-refractivity contribution is 5.79. The number of esters is 1. The van der Waals surface area contributed by atoms with Gasteiger partial charge in [0.25, 0.3) is 0 Å². The molecule has 21 heavy (non-hydrogen) atoms. The summed E-state index contributed by atoms with van der Waals surface area (Å²) in [6.45, 7) is 4.43. The SMILES string of the molecule is CCCCCC1C(=O)Oc2ccccc2C1CCCCC. The first-order valence-corrected chi connectivity index (χ1v) is 8.58. The van der Waals surface area contributed by atoms with Crippen molar-refractivity contribution in [3.63, 3.8) is 0 Å². The highest BCUT2D eigenvalue weighted by Crippen LogP contribution is 2.42. The number of benzene rings is 1. The second-order valence-corrected chi connectivity index (χ2v) is 6.16. The Morgan fingerprint density at radius 3 is 2.19 bits per heavy atom. The molecule has 0 saturated heterocycles. The van der Waals surface area contributed by atoms with Gasteiger partial charge < -0.3 is 4.74 Å². The van der Waals surface area contributed by atoms with Gasteiger partial charge in [0.05, 0.1) is 5.92 Å². The first-order valence-electron chi connectivity index (χ1n) is 8.58. The van der Waals surface area contributed by atoms with E-state index in [-0.39, 0.29) is 11.9 Å². The van der Waals surface area contributed by atoms with Crippen molar-refractivity contribution in [1.29, 1.82) is 0 Å². The number of carbonyl (C=O) groups is 1. The van der Waals surface area contributed by atoms with Crippen molar-refractivity contribution in [3.05, 3.63) is 29.8 Å². The molecule has 1 aliphatic rings.